The van der Waals surface area contributed by atoms with Gasteiger partial charge in [0.2, 0.25) is 0 Å². The zero-order valence-corrected chi connectivity index (χ0v) is 12.4. The molecule has 0 saturated heterocycles. The van der Waals surface area contributed by atoms with Gasteiger partial charge in [-0.05, 0) is 32.3 Å². The summed E-state index contributed by atoms with van der Waals surface area (Å²) < 4.78 is 0. The van der Waals surface area contributed by atoms with E-state index < -0.39 is 0 Å². The number of rotatable bonds is 4. The van der Waals surface area contributed by atoms with Crippen LogP contribution in [0, 0.1) is 13.8 Å². The van der Waals surface area contributed by atoms with Crippen LogP contribution in [0.2, 0.25) is 0 Å². The Kier molecular flexibility index (Phi) is 3.42. The zero-order chi connectivity index (χ0) is 13.4. The van der Waals surface area contributed by atoms with Gasteiger partial charge in [-0.1, -0.05) is 29.3 Å². The fourth-order valence-corrected chi connectivity index (χ4v) is 3.72. The average Bonchev–Trinajstić information content (AvgIpc) is 3.10. The molecule has 1 aromatic carbocycles. The van der Waals surface area contributed by atoms with Crippen molar-refractivity contribution in [3.05, 3.63) is 50.5 Å². The van der Waals surface area contributed by atoms with Crippen molar-refractivity contribution >= 4 is 11.3 Å². The second kappa shape index (κ2) is 5.06. The Labute approximate surface area is 118 Å². The largest absolute Gasteiger partial charge is 0.326 e. The third-order valence-electron chi connectivity index (χ3n) is 3.56. The molecule has 0 spiro atoms. The molecule has 3 heteroatoms. The second-order valence-corrected chi connectivity index (χ2v) is 6.74. The van der Waals surface area contributed by atoms with Gasteiger partial charge in [-0.15, -0.1) is 11.3 Å². The van der Waals surface area contributed by atoms with Crippen molar-refractivity contribution in [1.29, 1.82) is 0 Å². The molecule has 1 fully saturated rings. The molecule has 0 aliphatic heterocycles. The molecule has 2 nitrogen and oxygen atoms in total. The lowest BCUT2D eigenvalue weighted by atomic mass is 10.1. The van der Waals surface area contributed by atoms with E-state index >= 15 is 0 Å². The molecule has 1 aromatic heterocycles. The molecular weight excluding hydrogens is 252 g/mol. The summed E-state index contributed by atoms with van der Waals surface area (Å²) in [5.74, 6) is 0.697. The standard InChI is InChI=1S/C16H20N2S/c1-10-5-11(2)7-12(6-10)8-15-18-16(13-3-4-13)14(9-17)19-15/h5-7,13H,3-4,8-9,17H2,1-2H3. The third-order valence-corrected chi connectivity index (χ3v) is 4.65. The molecule has 1 aliphatic carbocycles. The molecule has 2 N–H and O–H groups in total. The predicted octanol–water partition coefficient (Wildman–Crippen LogP) is 3.69. The number of hydrogen-bond donors (Lipinski definition) is 1. The third kappa shape index (κ3) is 2.88. The molecule has 2 aromatic rings. The molecule has 0 amide bonds. The fraction of sp³-hybridized carbons (Fsp3) is 0.438. The minimum absolute atomic E-state index is 0.635. The van der Waals surface area contributed by atoms with E-state index in [1.165, 1.54) is 45.1 Å². The highest BCUT2D eigenvalue weighted by Crippen LogP contribution is 2.42. The topological polar surface area (TPSA) is 38.9 Å². The van der Waals surface area contributed by atoms with Crippen LogP contribution in [0.15, 0.2) is 18.2 Å². The van der Waals surface area contributed by atoms with Crippen molar-refractivity contribution in [1.82, 2.24) is 4.98 Å². The van der Waals surface area contributed by atoms with Crippen LogP contribution in [0.3, 0.4) is 0 Å². The van der Waals surface area contributed by atoms with Crippen LogP contribution >= 0.6 is 11.3 Å². The average molecular weight is 272 g/mol. The van der Waals surface area contributed by atoms with Crippen molar-refractivity contribution in [3.8, 4) is 0 Å². The van der Waals surface area contributed by atoms with E-state index in [9.17, 15) is 0 Å². The number of aryl methyl sites for hydroxylation is 2. The van der Waals surface area contributed by atoms with Crippen molar-refractivity contribution in [3.63, 3.8) is 0 Å². The van der Waals surface area contributed by atoms with Crippen LogP contribution in [0.1, 0.15) is 51.0 Å². The summed E-state index contributed by atoms with van der Waals surface area (Å²) in [5, 5.41) is 1.22. The molecule has 0 atom stereocenters. The van der Waals surface area contributed by atoms with E-state index in [2.05, 4.69) is 32.0 Å². The van der Waals surface area contributed by atoms with E-state index in [-0.39, 0.29) is 0 Å². The molecule has 100 valence electrons. The Morgan fingerprint density at radius 1 is 1.21 bits per heavy atom. The molecule has 3 rings (SSSR count). The minimum Gasteiger partial charge on any atom is -0.326 e. The van der Waals surface area contributed by atoms with Gasteiger partial charge in [0.25, 0.3) is 0 Å². The number of hydrogen-bond acceptors (Lipinski definition) is 3. The van der Waals surface area contributed by atoms with Crippen LogP contribution < -0.4 is 5.73 Å². The van der Waals surface area contributed by atoms with E-state index in [1.807, 2.05) is 0 Å². The maximum atomic E-state index is 5.84. The highest BCUT2D eigenvalue weighted by Gasteiger charge is 2.29. The van der Waals surface area contributed by atoms with E-state index in [0.717, 1.165) is 6.42 Å². The summed E-state index contributed by atoms with van der Waals surface area (Å²) in [6, 6.07) is 6.73. The van der Waals surface area contributed by atoms with Gasteiger partial charge in [0.1, 0.15) is 0 Å². The normalized spacial score (nSPS) is 14.9. The van der Waals surface area contributed by atoms with Gasteiger partial charge in [0.05, 0.1) is 10.7 Å². The van der Waals surface area contributed by atoms with Crippen molar-refractivity contribution < 1.29 is 0 Å². The first-order valence-electron chi connectivity index (χ1n) is 6.91. The molecule has 19 heavy (non-hydrogen) atoms. The molecular formula is C16H20N2S. The zero-order valence-electron chi connectivity index (χ0n) is 11.6. The lowest BCUT2D eigenvalue weighted by Gasteiger charge is -2.02. The van der Waals surface area contributed by atoms with Gasteiger partial charge in [0, 0.05) is 23.8 Å². The fourth-order valence-electron chi connectivity index (χ4n) is 2.66. The molecule has 1 heterocycles. The summed E-state index contributed by atoms with van der Waals surface area (Å²) in [7, 11) is 0. The summed E-state index contributed by atoms with van der Waals surface area (Å²) in [4.78, 5) is 6.13. The smallest absolute Gasteiger partial charge is 0.0975 e. The monoisotopic (exact) mass is 272 g/mol. The van der Waals surface area contributed by atoms with Gasteiger partial charge < -0.3 is 5.73 Å². The molecule has 1 aliphatic rings. The summed E-state index contributed by atoms with van der Waals surface area (Å²) in [6.45, 7) is 4.94. The van der Waals surface area contributed by atoms with Crippen LogP contribution in [-0.2, 0) is 13.0 Å². The predicted molar refractivity (Wildman–Crippen MR) is 80.7 cm³/mol. The van der Waals surface area contributed by atoms with Gasteiger partial charge in [-0.3, -0.25) is 0 Å². The second-order valence-electron chi connectivity index (χ2n) is 5.57. The molecule has 1 saturated carbocycles. The maximum Gasteiger partial charge on any atom is 0.0975 e. The van der Waals surface area contributed by atoms with E-state index in [1.54, 1.807) is 11.3 Å². The van der Waals surface area contributed by atoms with Gasteiger partial charge in [-0.25, -0.2) is 4.98 Å². The Balaban J connectivity index is 1.86. The van der Waals surface area contributed by atoms with Crippen LogP contribution in [0.5, 0.6) is 0 Å². The number of nitrogens with two attached hydrogens (primary N) is 1. The van der Waals surface area contributed by atoms with Crippen molar-refractivity contribution in [2.45, 2.75) is 45.6 Å². The number of thiazole rings is 1. The summed E-state index contributed by atoms with van der Waals surface area (Å²) in [5.41, 5.74) is 11.1. The van der Waals surface area contributed by atoms with Crippen molar-refractivity contribution in [2.24, 2.45) is 5.73 Å². The van der Waals surface area contributed by atoms with Gasteiger partial charge in [-0.2, -0.15) is 0 Å². The maximum absolute atomic E-state index is 5.84. The Morgan fingerprint density at radius 2 is 1.89 bits per heavy atom. The van der Waals surface area contributed by atoms with Crippen LogP contribution in [0.25, 0.3) is 0 Å². The Hall–Kier alpha value is -1.19. The molecule has 0 bridgehead atoms. The van der Waals surface area contributed by atoms with E-state index in [4.69, 9.17) is 10.7 Å². The summed E-state index contributed by atoms with van der Waals surface area (Å²) in [6.07, 6.45) is 3.52. The molecule has 0 unspecified atom stereocenters. The lowest BCUT2D eigenvalue weighted by molar-refractivity contribution is 0.958. The van der Waals surface area contributed by atoms with Crippen LogP contribution in [-0.4, -0.2) is 4.98 Å². The van der Waals surface area contributed by atoms with Gasteiger partial charge >= 0.3 is 0 Å². The highest BCUT2D eigenvalue weighted by atomic mass is 32.1. The number of aromatic nitrogens is 1. The Morgan fingerprint density at radius 3 is 2.47 bits per heavy atom. The van der Waals surface area contributed by atoms with Crippen molar-refractivity contribution in [2.75, 3.05) is 0 Å². The summed E-state index contributed by atoms with van der Waals surface area (Å²) >= 11 is 1.80. The SMILES string of the molecule is Cc1cc(C)cc(Cc2nc(C3CC3)c(CN)s2)c1. The van der Waals surface area contributed by atoms with Crippen LogP contribution in [0.4, 0.5) is 0 Å². The van der Waals surface area contributed by atoms with E-state index in [0.29, 0.717) is 12.5 Å². The highest BCUT2D eigenvalue weighted by molar-refractivity contribution is 7.11. The number of nitrogens with zero attached hydrogens (tertiary/aromatic N) is 1. The molecule has 0 radical (unpaired) electrons. The number of benzene rings is 1. The minimum atomic E-state index is 0.635. The van der Waals surface area contributed by atoms with Gasteiger partial charge in [0.15, 0.2) is 0 Å². The lowest BCUT2D eigenvalue weighted by Crippen LogP contribution is -1.97. The first-order valence-corrected chi connectivity index (χ1v) is 7.73. The quantitative estimate of drug-likeness (QED) is 0.922. The Bertz CT molecular complexity index is 577. The first kappa shape index (κ1) is 12.8. The first-order chi connectivity index (χ1) is 9.15.